The van der Waals surface area contributed by atoms with Gasteiger partial charge in [-0.05, 0) is 72.1 Å². The number of aromatic nitrogens is 1. The maximum atomic E-state index is 12.9. The molecule has 0 radical (unpaired) electrons. The second-order valence-electron chi connectivity index (χ2n) is 5.59. The number of nitrogens with zero attached hydrogens (tertiary/aromatic N) is 2. The first-order valence-corrected chi connectivity index (χ1v) is 7.75. The van der Waals surface area contributed by atoms with Crippen molar-refractivity contribution in [1.82, 2.24) is 4.57 Å². The summed E-state index contributed by atoms with van der Waals surface area (Å²) in [4.78, 5) is 3.46. The van der Waals surface area contributed by atoms with Crippen LogP contribution in [-0.4, -0.2) is 4.57 Å². The molecule has 0 aliphatic carbocycles. The highest BCUT2D eigenvalue weighted by Gasteiger charge is 2.05. The van der Waals surface area contributed by atoms with E-state index in [0.717, 1.165) is 16.6 Å². The molecular formula is C21H13FN2O. The fourth-order valence-corrected chi connectivity index (χ4v) is 2.74. The molecule has 0 bridgehead atoms. The molecule has 0 aliphatic rings. The first-order valence-electron chi connectivity index (χ1n) is 7.75. The van der Waals surface area contributed by atoms with E-state index in [-0.39, 0.29) is 5.82 Å². The van der Waals surface area contributed by atoms with Gasteiger partial charge < -0.3 is 9.30 Å². The van der Waals surface area contributed by atoms with Gasteiger partial charge in [0, 0.05) is 11.9 Å². The van der Waals surface area contributed by atoms with Crippen molar-refractivity contribution in [3.63, 3.8) is 0 Å². The van der Waals surface area contributed by atoms with E-state index in [4.69, 9.17) is 11.3 Å². The minimum Gasteiger partial charge on any atom is -0.457 e. The van der Waals surface area contributed by atoms with Crippen LogP contribution in [-0.2, 0) is 0 Å². The second kappa shape index (κ2) is 6.14. The number of rotatable bonds is 3. The number of hydrogen-bond donors (Lipinski definition) is 0. The molecule has 0 fully saturated rings. The van der Waals surface area contributed by atoms with Gasteiger partial charge in [-0.1, -0.05) is 6.07 Å². The maximum Gasteiger partial charge on any atom is 0.187 e. The summed E-state index contributed by atoms with van der Waals surface area (Å²) in [6.07, 6.45) is 1.98. The first-order chi connectivity index (χ1) is 12.2. The number of ether oxygens (including phenoxy) is 1. The van der Waals surface area contributed by atoms with Crippen LogP contribution >= 0.6 is 0 Å². The molecule has 4 rings (SSSR count). The quantitative estimate of drug-likeness (QED) is 0.415. The zero-order valence-corrected chi connectivity index (χ0v) is 13.2. The van der Waals surface area contributed by atoms with Crippen LogP contribution in [0.3, 0.4) is 0 Å². The minimum absolute atomic E-state index is 0.288. The summed E-state index contributed by atoms with van der Waals surface area (Å²) in [5, 5.41) is 1.03. The summed E-state index contributed by atoms with van der Waals surface area (Å²) < 4.78 is 20.7. The zero-order chi connectivity index (χ0) is 17.2. The Morgan fingerprint density at radius 1 is 0.840 bits per heavy atom. The molecule has 120 valence electrons. The normalized spacial score (nSPS) is 10.6. The number of benzene rings is 3. The molecule has 3 aromatic carbocycles. The third kappa shape index (κ3) is 2.96. The standard InChI is InChI=1S/C21H13FN2O/c1-23-17-4-11-21-15(14-17)12-13-24(21)18-5-9-20(10-6-18)25-19-7-2-16(22)3-8-19/h2-14H. The predicted molar refractivity (Wildman–Crippen MR) is 96.0 cm³/mol. The molecule has 0 unspecified atom stereocenters. The summed E-state index contributed by atoms with van der Waals surface area (Å²) in [5.74, 6) is 0.984. The van der Waals surface area contributed by atoms with Gasteiger partial charge in [-0.25, -0.2) is 9.24 Å². The Kier molecular flexibility index (Phi) is 3.68. The highest BCUT2D eigenvalue weighted by molar-refractivity contribution is 5.85. The van der Waals surface area contributed by atoms with E-state index in [1.807, 2.05) is 54.7 Å². The van der Waals surface area contributed by atoms with Gasteiger partial charge >= 0.3 is 0 Å². The summed E-state index contributed by atoms with van der Waals surface area (Å²) in [6, 6.07) is 21.2. The van der Waals surface area contributed by atoms with Crippen LogP contribution < -0.4 is 4.74 Å². The molecule has 25 heavy (non-hydrogen) atoms. The fraction of sp³-hybridized carbons (Fsp3) is 0. The lowest BCUT2D eigenvalue weighted by molar-refractivity contribution is 0.480. The topological polar surface area (TPSA) is 18.5 Å². The van der Waals surface area contributed by atoms with Crippen molar-refractivity contribution < 1.29 is 9.13 Å². The van der Waals surface area contributed by atoms with Crippen molar-refractivity contribution in [2.75, 3.05) is 0 Å². The number of fused-ring (bicyclic) bond motifs is 1. The molecule has 4 aromatic rings. The smallest absolute Gasteiger partial charge is 0.187 e. The van der Waals surface area contributed by atoms with Gasteiger partial charge in [0.15, 0.2) is 5.69 Å². The van der Waals surface area contributed by atoms with Gasteiger partial charge in [0.05, 0.1) is 12.1 Å². The summed E-state index contributed by atoms with van der Waals surface area (Å²) >= 11 is 0. The van der Waals surface area contributed by atoms with E-state index < -0.39 is 0 Å². The third-order valence-electron chi connectivity index (χ3n) is 3.97. The van der Waals surface area contributed by atoms with Crippen molar-refractivity contribution in [1.29, 1.82) is 0 Å². The Morgan fingerprint density at radius 2 is 1.52 bits per heavy atom. The molecule has 4 heteroatoms. The van der Waals surface area contributed by atoms with E-state index in [1.54, 1.807) is 12.1 Å². The molecule has 1 aromatic heterocycles. The Bertz CT molecular complexity index is 1070. The van der Waals surface area contributed by atoms with Crippen LogP contribution in [0.15, 0.2) is 79.0 Å². The molecule has 0 spiro atoms. The zero-order valence-electron chi connectivity index (χ0n) is 13.2. The lowest BCUT2D eigenvalue weighted by Crippen LogP contribution is -1.92. The molecule has 0 atom stereocenters. The Labute approximate surface area is 144 Å². The number of halogens is 1. The molecule has 1 heterocycles. The molecule has 0 aliphatic heterocycles. The number of hydrogen-bond acceptors (Lipinski definition) is 1. The van der Waals surface area contributed by atoms with Crippen molar-refractivity contribution in [3.8, 4) is 17.2 Å². The Hall–Kier alpha value is -3.58. The van der Waals surface area contributed by atoms with Crippen molar-refractivity contribution in [2.45, 2.75) is 0 Å². The molecule has 3 nitrogen and oxygen atoms in total. The van der Waals surface area contributed by atoms with E-state index in [2.05, 4.69) is 9.41 Å². The van der Waals surface area contributed by atoms with Crippen molar-refractivity contribution in [3.05, 3.63) is 96.2 Å². The van der Waals surface area contributed by atoms with Gasteiger partial charge in [-0.3, -0.25) is 0 Å². The van der Waals surface area contributed by atoms with Gasteiger partial charge in [0.25, 0.3) is 0 Å². The third-order valence-corrected chi connectivity index (χ3v) is 3.97. The average molecular weight is 328 g/mol. The highest BCUT2D eigenvalue weighted by atomic mass is 19.1. The summed E-state index contributed by atoms with van der Waals surface area (Å²) in [5.41, 5.74) is 2.67. The predicted octanol–water partition coefficient (Wildman–Crippen LogP) is 6.11. The van der Waals surface area contributed by atoms with Crippen LogP contribution in [0.1, 0.15) is 0 Å². The average Bonchev–Trinajstić information content (AvgIpc) is 3.07. The maximum absolute atomic E-state index is 12.9. The van der Waals surface area contributed by atoms with Crippen molar-refractivity contribution in [2.24, 2.45) is 0 Å². The minimum atomic E-state index is -0.288. The SMILES string of the molecule is [C-]#[N+]c1ccc2c(ccn2-c2ccc(Oc3ccc(F)cc3)cc2)c1. The largest absolute Gasteiger partial charge is 0.457 e. The monoisotopic (exact) mass is 328 g/mol. The Morgan fingerprint density at radius 3 is 2.20 bits per heavy atom. The van der Waals surface area contributed by atoms with Crippen molar-refractivity contribution >= 4 is 16.6 Å². The highest BCUT2D eigenvalue weighted by Crippen LogP contribution is 2.27. The van der Waals surface area contributed by atoms with Crippen LogP contribution in [0.2, 0.25) is 0 Å². The van der Waals surface area contributed by atoms with Gasteiger partial charge in [-0.2, -0.15) is 0 Å². The molecule has 0 saturated carbocycles. The van der Waals surface area contributed by atoms with E-state index >= 15 is 0 Å². The molecule has 0 saturated heterocycles. The van der Waals surface area contributed by atoms with Crippen LogP contribution in [0.5, 0.6) is 11.5 Å². The summed E-state index contributed by atoms with van der Waals surface area (Å²) in [6.45, 7) is 7.10. The van der Waals surface area contributed by atoms with Crippen LogP contribution in [0, 0.1) is 12.4 Å². The van der Waals surface area contributed by atoms with Crippen LogP contribution in [0.4, 0.5) is 10.1 Å². The lowest BCUT2D eigenvalue weighted by Gasteiger charge is -2.09. The molecular weight excluding hydrogens is 315 g/mol. The molecule has 0 amide bonds. The lowest BCUT2D eigenvalue weighted by atomic mass is 10.2. The first kappa shape index (κ1) is 15.0. The van der Waals surface area contributed by atoms with E-state index in [0.29, 0.717) is 17.2 Å². The fourth-order valence-electron chi connectivity index (χ4n) is 2.74. The van der Waals surface area contributed by atoms with Crippen LogP contribution in [0.25, 0.3) is 21.4 Å². The van der Waals surface area contributed by atoms with Gasteiger partial charge in [0.1, 0.15) is 17.3 Å². The van der Waals surface area contributed by atoms with Gasteiger partial charge in [-0.15, -0.1) is 0 Å². The van der Waals surface area contributed by atoms with E-state index in [1.165, 1.54) is 12.1 Å². The van der Waals surface area contributed by atoms with E-state index in [9.17, 15) is 4.39 Å². The van der Waals surface area contributed by atoms with Gasteiger partial charge in [0.2, 0.25) is 0 Å². The second-order valence-corrected chi connectivity index (χ2v) is 5.59. The Balaban J connectivity index is 1.62. The molecule has 0 N–H and O–H groups in total. The summed E-state index contributed by atoms with van der Waals surface area (Å²) in [7, 11) is 0.